The Balaban J connectivity index is 0.000000171. The number of amides is 3. The van der Waals surface area contributed by atoms with Crippen LogP contribution in [0.15, 0.2) is 107 Å². The molecule has 3 amide bonds. The Bertz CT molecular complexity index is 6650. The van der Waals surface area contributed by atoms with E-state index in [1.807, 2.05) is 53.7 Å². The van der Waals surface area contributed by atoms with Gasteiger partial charge in [-0.15, -0.1) is 0 Å². The lowest BCUT2D eigenvalue weighted by Gasteiger charge is -2.36. The van der Waals surface area contributed by atoms with E-state index < -0.39 is 129 Å². The van der Waals surface area contributed by atoms with E-state index >= 15 is 17.6 Å². The summed E-state index contributed by atoms with van der Waals surface area (Å²) in [6.45, 7) is 30.1. The molecule has 0 unspecified atom stereocenters. The lowest BCUT2D eigenvalue weighted by molar-refractivity contribution is -0.127. The number of aromatic nitrogens is 9. The molecule has 15 rings (SSSR count). The fraction of sp³-hybridized carbons (Fsp3) is 0.258. The van der Waals surface area contributed by atoms with E-state index in [0.29, 0.717) is 63.6 Å². The van der Waals surface area contributed by atoms with Crippen molar-refractivity contribution >= 4 is 155 Å². The minimum atomic E-state index is -2.12. The van der Waals surface area contributed by atoms with Gasteiger partial charge in [-0.1, -0.05) is 131 Å². The molecule has 696 valence electrons. The second-order valence-electron chi connectivity index (χ2n) is 32.2. The molecule has 3 saturated heterocycles. The summed E-state index contributed by atoms with van der Waals surface area (Å²) in [5.41, 5.74) is 12.9. The van der Waals surface area contributed by atoms with Gasteiger partial charge >= 0.3 is 0 Å². The molecule has 3 fully saturated rings. The van der Waals surface area contributed by atoms with E-state index in [2.05, 4.69) is 55.7 Å². The Morgan fingerprint density at radius 1 is 0.378 bits per heavy atom. The van der Waals surface area contributed by atoms with Crippen molar-refractivity contribution in [3.8, 4) is 69.0 Å². The van der Waals surface area contributed by atoms with Gasteiger partial charge in [-0.25, -0.2) is 54.5 Å². The number of hydrogen-bond acceptors (Lipinski definition) is 21. The van der Waals surface area contributed by atoms with Gasteiger partial charge in [0.1, 0.15) is 72.6 Å². The molecule has 0 aliphatic carbocycles. The molecule has 0 atom stereocenters. The molecule has 3 aromatic carbocycles. The summed E-state index contributed by atoms with van der Waals surface area (Å²) in [6, 6.07) is 15.2. The number of piperazine rings is 3. The van der Waals surface area contributed by atoms with Crippen LogP contribution in [0.4, 0.5) is 73.6 Å². The van der Waals surface area contributed by atoms with Crippen LogP contribution in [-0.2, 0) is 14.4 Å². The summed E-state index contributed by atoms with van der Waals surface area (Å²) in [5, 5.41) is 28.4. The first-order chi connectivity index (χ1) is 64.0. The summed E-state index contributed by atoms with van der Waals surface area (Å²) < 4.78 is 137. The highest BCUT2D eigenvalue weighted by molar-refractivity contribution is 6.39. The van der Waals surface area contributed by atoms with Crippen molar-refractivity contribution in [2.75, 3.05) is 110 Å². The lowest BCUT2D eigenvalue weighted by atomic mass is 10.0. The average Bonchev–Trinajstić information content (AvgIpc) is 0.728. The third-order valence-electron chi connectivity index (χ3n) is 23.2. The van der Waals surface area contributed by atoms with Crippen molar-refractivity contribution < 1.29 is 53.9 Å². The predicted molar refractivity (Wildman–Crippen MR) is 502 cm³/mol. The number of rotatable bonds is 15. The smallest absolute Gasteiger partial charge is 0.276 e. The molecular formula is C93H78Cl6F9N21O6. The molecule has 3 aliphatic heterocycles. The molecule has 0 saturated carbocycles. The Hall–Kier alpha value is -13.8. The molecule has 135 heavy (non-hydrogen) atoms. The van der Waals surface area contributed by atoms with Crippen LogP contribution in [0.3, 0.4) is 0 Å². The zero-order valence-corrected chi connectivity index (χ0v) is 77.7. The second kappa shape index (κ2) is 39.4. The van der Waals surface area contributed by atoms with Crippen LogP contribution in [0, 0.1) is 107 Å². The summed E-state index contributed by atoms with van der Waals surface area (Å²) in [4.78, 5) is 117. The van der Waals surface area contributed by atoms with Crippen molar-refractivity contribution in [2.45, 2.75) is 80.1 Å². The zero-order chi connectivity index (χ0) is 98.7. The number of anilines is 6. The van der Waals surface area contributed by atoms with Crippen LogP contribution in [0.2, 0.25) is 30.1 Å². The SMILES string of the molecule is C=CC(=O)N1CCN(c2c(C#N)c(=O)n(-c3c(C)ccnc3C(C)C)c3nc(-c4c(F)c(N)c(F)c(Cl)c4F)c(Cl)cc23)CC1.C=CC(=O)N1CCN(c2c(C#N)c(=O)n(-c3c(C)ccnc3C(C)C)c3nc(-c4c(N)c(Cl)c(F)c(Cl)c4F)c(Cl)cc23)CC1.C=CC(=O)N1CCN(c2c(C#N)c(=O)n(-c3c(C)ccnc3C(C)C)c3nc(-c4c(N)c(F)c(F)c(F)c4F)c(Cl)cc23)CC1. The highest BCUT2D eigenvalue weighted by Crippen LogP contribution is 2.48. The van der Waals surface area contributed by atoms with Crippen molar-refractivity contribution in [1.82, 2.24) is 58.3 Å². The summed E-state index contributed by atoms with van der Waals surface area (Å²) in [5.74, 6) is -16.2. The number of aryl methyl sites for hydroxylation is 3. The van der Waals surface area contributed by atoms with E-state index in [0.717, 1.165) is 4.57 Å². The van der Waals surface area contributed by atoms with Gasteiger partial charge in [0.25, 0.3) is 16.7 Å². The van der Waals surface area contributed by atoms with Crippen LogP contribution in [-0.4, -0.2) is 155 Å². The summed E-state index contributed by atoms with van der Waals surface area (Å²) >= 11 is 37.7. The first kappa shape index (κ1) is 98.7. The summed E-state index contributed by atoms with van der Waals surface area (Å²) in [7, 11) is 0. The largest absolute Gasteiger partial charge is 0.397 e. The van der Waals surface area contributed by atoms with Crippen LogP contribution in [0.25, 0.3) is 83.9 Å². The number of fused-ring (bicyclic) bond motifs is 3. The van der Waals surface area contributed by atoms with Crippen LogP contribution in [0.5, 0.6) is 0 Å². The van der Waals surface area contributed by atoms with Gasteiger partial charge in [-0.05, 0) is 110 Å². The van der Waals surface area contributed by atoms with Gasteiger partial charge in [0.2, 0.25) is 17.7 Å². The Kier molecular flexibility index (Phi) is 28.8. The Morgan fingerprint density at radius 3 is 0.956 bits per heavy atom. The third kappa shape index (κ3) is 17.5. The van der Waals surface area contributed by atoms with Crippen molar-refractivity contribution in [3.63, 3.8) is 0 Å². The maximum atomic E-state index is 15.5. The van der Waals surface area contributed by atoms with Gasteiger partial charge in [0.05, 0.1) is 111 Å². The number of nitriles is 3. The number of hydrogen-bond donors (Lipinski definition) is 3. The highest BCUT2D eigenvalue weighted by Gasteiger charge is 2.38. The molecule has 42 heteroatoms. The minimum Gasteiger partial charge on any atom is -0.397 e. The molecule has 0 radical (unpaired) electrons. The summed E-state index contributed by atoms with van der Waals surface area (Å²) in [6.07, 6.45) is 8.36. The fourth-order valence-electron chi connectivity index (χ4n) is 16.6. The van der Waals surface area contributed by atoms with Crippen molar-refractivity contribution in [2.24, 2.45) is 0 Å². The maximum absolute atomic E-state index is 15.5. The van der Waals surface area contributed by atoms with E-state index in [4.69, 9.17) is 86.8 Å². The second-order valence-corrected chi connectivity index (χ2v) is 34.6. The molecular weight excluding hydrogens is 1890 g/mol. The number of benzene rings is 3. The van der Waals surface area contributed by atoms with Gasteiger partial charge in [-0.2, -0.15) is 15.8 Å². The first-order valence-electron chi connectivity index (χ1n) is 41.3. The number of nitrogens with zero attached hydrogens (tertiary/aromatic N) is 18. The lowest BCUT2D eigenvalue weighted by Crippen LogP contribution is -2.49. The maximum Gasteiger partial charge on any atom is 0.276 e. The normalized spacial score (nSPS) is 13.4. The Labute approximate surface area is 794 Å². The molecule has 12 aromatic rings. The Morgan fingerprint density at radius 2 is 0.659 bits per heavy atom. The van der Waals surface area contributed by atoms with Gasteiger partial charge in [0.15, 0.2) is 52.4 Å². The van der Waals surface area contributed by atoms with Gasteiger partial charge in [0, 0.05) is 113 Å². The number of pyridine rings is 9. The standard InChI is InChI=1S/C31H26Cl3F2N7O2.C31H26Cl2F3N7O2.C31H26ClF4N7O2/c1-5-19(44)41-8-10-42(11-9-41)29-16-12-18(32)27(20-23(35)21(33)24(36)22(34)25(20)38)40-30(16)43(31(45)17(29)13-37)28-15(4)6-7-39-26(28)14(2)3;1-5-19(44)41-8-10-42(11-9-41)29-16-12-18(32)27(20-22(34)21(33)24(36)25(38)23(20)35)40-30(16)43(31(45)17(29)13-37)28-15(4)6-7-39-26(28)14(2)3;1-5-19(44)41-8-10-42(11-9-41)29-16-12-18(32)27(20-21(33)22(34)23(35)24(36)25(20)38)40-30(16)43(31(45)17(29)13-37)28-15(4)6-7-39-26(28)14(2)3/h3*5-7,12,14H,1,8-11,38H2,2-4H3. The molecule has 6 N–H and O–H groups in total. The van der Waals surface area contributed by atoms with Gasteiger partial charge < -0.3 is 46.6 Å². The number of carbonyl (C=O) groups excluding carboxylic acids is 3. The van der Waals surface area contributed by atoms with E-state index in [1.165, 1.54) is 45.6 Å². The van der Waals surface area contributed by atoms with E-state index in [-0.39, 0.29) is 189 Å². The third-order valence-corrected chi connectivity index (χ3v) is 25.1. The van der Waals surface area contributed by atoms with Crippen molar-refractivity contribution in [1.29, 1.82) is 15.8 Å². The number of halogens is 15. The quantitative estimate of drug-likeness (QED) is 0.0282. The predicted octanol–water partition coefficient (Wildman–Crippen LogP) is 17.7. The number of carbonyl (C=O) groups is 3. The average molecular weight is 1970 g/mol. The highest BCUT2D eigenvalue weighted by atomic mass is 35.5. The molecule has 27 nitrogen and oxygen atoms in total. The van der Waals surface area contributed by atoms with Crippen molar-refractivity contribution in [3.05, 3.63) is 257 Å². The molecule has 0 bridgehead atoms. The molecule has 12 heterocycles. The monoisotopic (exact) mass is 1970 g/mol. The minimum absolute atomic E-state index is 0.00590. The fourth-order valence-corrected chi connectivity index (χ4v) is 17.9. The van der Waals surface area contributed by atoms with E-state index in [1.54, 1.807) is 87.0 Å². The molecule has 3 aliphatic rings. The first-order valence-corrected chi connectivity index (χ1v) is 43.6. The van der Waals surface area contributed by atoms with Gasteiger partial charge in [-0.3, -0.25) is 57.4 Å². The number of nitrogen functional groups attached to an aromatic ring is 3. The topological polar surface area (TPSA) is 363 Å². The van der Waals surface area contributed by atoms with Crippen LogP contribution >= 0.6 is 69.6 Å². The van der Waals surface area contributed by atoms with E-state index in [9.17, 15) is 66.5 Å². The molecule has 0 spiro atoms. The van der Waals surface area contributed by atoms with Crippen LogP contribution < -0.4 is 48.6 Å². The zero-order valence-electron chi connectivity index (χ0n) is 73.2. The molecule has 9 aromatic heterocycles. The van der Waals surface area contributed by atoms with Crippen LogP contribution in [0.1, 0.15) is 110 Å². The number of nitrogens with two attached hydrogens (primary N) is 3.